The van der Waals surface area contributed by atoms with Gasteiger partial charge in [0.15, 0.2) is 0 Å². The molecule has 3 rings (SSSR count). The van der Waals surface area contributed by atoms with Gasteiger partial charge in [-0.05, 0) is 43.7 Å². The van der Waals surface area contributed by atoms with Crippen molar-refractivity contribution in [3.63, 3.8) is 0 Å². The van der Waals surface area contributed by atoms with Gasteiger partial charge in [-0.3, -0.25) is 9.78 Å². The third-order valence-corrected chi connectivity index (χ3v) is 4.70. The number of nitrogens with zero attached hydrogens (tertiary/aromatic N) is 3. The first-order valence-corrected chi connectivity index (χ1v) is 8.70. The third kappa shape index (κ3) is 4.32. The zero-order valence-electron chi connectivity index (χ0n) is 14.4. The van der Waals surface area contributed by atoms with E-state index in [1.165, 1.54) is 6.07 Å². The van der Waals surface area contributed by atoms with Crippen molar-refractivity contribution in [2.75, 3.05) is 25.5 Å². The number of hydrogen-bond donors (Lipinski definition) is 1. The molecule has 1 N–H and O–H groups in total. The summed E-state index contributed by atoms with van der Waals surface area (Å²) in [6.45, 7) is 1.33. The lowest BCUT2D eigenvalue weighted by Crippen LogP contribution is -2.32. The number of halogens is 1. The lowest BCUT2D eigenvalue weighted by atomic mass is 9.95. The van der Waals surface area contributed by atoms with Gasteiger partial charge in [0.1, 0.15) is 11.6 Å². The molecule has 5 nitrogen and oxygen atoms in total. The van der Waals surface area contributed by atoms with Gasteiger partial charge in [-0.25, -0.2) is 9.37 Å². The highest BCUT2D eigenvalue weighted by Gasteiger charge is 2.23. The fourth-order valence-electron chi connectivity index (χ4n) is 3.26. The van der Waals surface area contributed by atoms with Crippen LogP contribution in [0, 0.1) is 11.7 Å². The lowest BCUT2D eigenvalue weighted by molar-refractivity contribution is 0.0755. The number of likely N-dealkylation sites (tertiary alicyclic amines) is 1. The quantitative estimate of drug-likeness (QED) is 0.927. The van der Waals surface area contributed by atoms with E-state index in [9.17, 15) is 9.18 Å². The molecule has 25 heavy (non-hydrogen) atoms. The van der Waals surface area contributed by atoms with Crippen molar-refractivity contribution >= 4 is 11.7 Å². The standard InChI is InChI=1S/C19H23FN4O/c1-21-18-13-22-15(12-23-18)11-14-5-4-9-24(10-8-14)19(25)16-6-2-3-7-17(16)20/h2-3,6-7,12-14H,4-5,8-11H2,1H3,(H,21,23)/t14-/m0/s1. The minimum absolute atomic E-state index is 0.162. The van der Waals surface area contributed by atoms with Gasteiger partial charge in [0.05, 0.1) is 23.7 Å². The molecular formula is C19H23FN4O. The fourth-order valence-corrected chi connectivity index (χ4v) is 3.26. The van der Waals surface area contributed by atoms with Crippen LogP contribution in [0.1, 0.15) is 35.3 Å². The average Bonchev–Trinajstić information content (AvgIpc) is 2.88. The second kappa shape index (κ2) is 8.05. The fraction of sp³-hybridized carbons (Fsp3) is 0.421. The topological polar surface area (TPSA) is 58.1 Å². The molecule has 1 aliphatic heterocycles. The van der Waals surface area contributed by atoms with Crippen LogP contribution in [0.15, 0.2) is 36.7 Å². The Morgan fingerprint density at radius 3 is 2.80 bits per heavy atom. The van der Waals surface area contributed by atoms with Crippen molar-refractivity contribution in [1.82, 2.24) is 14.9 Å². The van der Waals surface area contributed by atoms with Gasteiger partial charge in [-0.15, -0.1) is 0 Å². The van der Waals surface area contributed by atoms with Gasteiger partial charge < -0.3 is 10.2 Å². The van der Waals surface area contributed by atoms with E-state index >= 15 is 0 Å². The Labute approximate surface area is 147 Å². The summed E-state index contributed by atoms with van der Waals surface area (Å²) in [7, 11) is 1.82. The number of benzene rings is 1. The number of nitrogens with one attached hydrogen (secondary N) is 1. The van der Waals surface area contributed by atoms with E-state index in [1.54, 1.807) is 35.5 Å². The molecule has 6 heteroatoms. The second-order valence-electron chi connectivity index (χ2n) is 6.42. The van der Waals surface area contributed by atoms with Crippen LogP contribution >= 0.6 is 0 Å². The molecule has 1 aliphatic rings. The van der Waals surface area contributed by atoms with Crippen molar-refractivity contribution in [2.24, 2.45) is 5.92 Å². The predicted octanol–water partition coefficient (Wildman–Crippen LogP) is 3.14. The lowest BCUT2D eigenvalue weighted by Gasteiger charge is -2.21. The summed E-state index contributed by atoms with van der Waals surface area (Å²) in [5.74, 6) is 0.560. The number of rotatable bonds is 4. The molecule has 1 fully saturated rings. The van der Waals surface area contributed by atoms with Gasteiger partial charge in [-0.1, -0.05) is 12.1 Å². The van der Waals surface area contributed by atoms with Crippen LogP contribution in [-0.4, -0.2) is 40.9 Å². The third-order valence-electron chi connectivity index (χ3n) is 4.70. The van der Waals surface area contributed by atoms with Crippen LogP contribution in [0.4, 0.5) is 10.2 Å². The molecule has 0 bridgehead atoms. The van der Waals surface area contributed by atoms with E-state index in [-0.39, 0.29) is 11.5 Å². The van der Waals surface area contributed by atoms with E-state index in [1.807, 2.05) is 7.05 Å². The summed E-state index contributed by atoms with van der Waals surface area (Å²) in [5.41, 5.74) is 1.13. The molecule has 1 saturated heterocycles. The number of anilines is 1. The van der Waals surface area contributed by atoms with Crippen molar-refractivity contribution in [3.05, 3.63) is 53.7 Å². The van der Waals surface area contributed by atoms with Crippen molar-refractivity contribution in [2.45, 2.75) is 25.7 Å². The minimum atomic E-state index is -0.451. The van der Waals surface area contributed by atoms with Gasteiger partial charge in [0.2, 0.25) is 0 Å². The first-order valence-electron chi connectivity index (χ1n) is 8.70. The second-order valence-corrected chi connectivity index (χ2v) is 6.42. The average molecular weight is 342 g/mol. The largest absolute Gasteiger partial charge is 0.372 e. The van der Waals surface area contributed by atoms with Crippen LogP contribution in [0.5, 0.6) is 0 Å². The summed E-state index contributed by atoms with van der Waals surface area (Å²) in [5, 5.41) is 2.96. The molecule has 1 aromatic heterocycles. The Kier molecular flexibility index (Phi) is 5.58. The van der Waals surface area contributed by atoms with E-state index in [2.05, 4.69) is 15.3 Å². The highest BCUT2D eigenvalue weighted by Crippen LogP contribution is 2.22. The van der Waals surface area contributed by atoms with Crippen LogP contribution < -0.4 is 5.32 Å². The van der Waals surface area contributed by atoms with Gasteiger partial charge >= 0.3 is 0 Å². The molecule has 0 aliphatic carbocycles. The normalized spacial score (nSPS) is 17.8. The Balaban J connectivity index is 1.60. The zero-order chi connectivity index (χ0) is 17.6. The van der Waals surface area contributed by atoms with E-state index in [0.717, 1.165) is 37.2 Å². The van der Waals surface area contributed by atoms with E-state index < -0.39 is 5.82 Å². The van der Waals surface area contributed by atoms with Crippen LogP contribution in [0.2, 0.25) is 0 Å². The molecule has 1 amide bonds. The number of aromatic nitrogens is 2. The number of amides is 1. The molecule has 0 radical (unpaired) electrons. The summed E-state index contributed by atoms with van der Waals surface area (Å²) in [4.78, 5) is 23.1. The van der Waals surface area contributed by atoms with Gasteiger partial charge in [0.25, 0.3) is 5.91 Å². The van der Waals surface area contributed by atoms with Crippen LogP contribution in [-0.2, 0) is 6.42 Å². The zero-order valence-corrected chi connectivity index (χ0v) is 14.4. The van der Waals surface area contributed by atoms with Crippen LogP contribution in [0.3, 0.4) is 0 Å². The highest BCUT2D eigenvalue weighted by molar-refractivity contribution is 5.94. The summed E-state index contributed by atoms with van der Waals surface area (Å²) in [6.07, 6.45) is 7.26. The molecule has 2 heterocycles. The first-order chi connectivity index (χ1) is 12.2. The molecule has 0 saturated carbocycles. The SMILES string of the molecule is CNc1cnc(C[C@H]2CCCN(C(=O)c3ccccc3F)CC2)cn1. The highest BCUT2D eigenvalue weighted by atomic mass is 19.1. The molecule has 1 aromatic carbocycles. The number of carbonyl (C=O) groups excluding carboxylic acids is 1. The molecule has 2 aromatic rings. The number of hydrogen-bond acceptors (Lipinski definition) is 4. The Hall–Kier alpha value is -2.50. The van der Waals surface area contributed by atoms with Gasteiger partial charge in [0, 0.05) is 20.1 Å². The number of carbonyl (C=O) groups is 1. The van der Waals surface area contributed by atoms with Crippen molar-refractivity contribution in [3.8, 4) is 0 Å². The Morgan fingerprint density at radius 2 is 2.08 bits per heavy atom. The molecule has 132 valence electrons. The maximum Gasteiger partial charge on any atom is 0.256 e. The van der Waals surface area contributed by atoms with Crippen molar-refractivity contribution in [1.29, 1.82) is 0 Å². The maximum absolute atomic E-state index is 13.9. The first kappa shape index (κ1) is 17.3. The van der Waals surface area contributed by atoms with Crippen LogP contribution in [0.25, 0.3) is 0 Å². The van der Waals surface area contributed by atoms with Gasteiger partial charge in [-0.2, -0.15) is 0 Å². The summed E-state index contributed by atoms with van der Waals surface area (Å²) < 4.78 is 13.9. The van der Waals surface area contributed by atoms with Crippen molar-refractivity contribution < 1.29 is 9.18 Å². The molecule has 0 unspecified atom stereocenters. The molecular weight excluding hydrogens is 319 g/mol. The monoisotopic (exact) mass is 342 g/mol. The maximum atomic E-state index is 13.9. The Morgan fingerprint density at radius 1 is 1.24 bits per heavy atom. The summed E-state index contributed by atoms with van der Waals surface area (Å²) in [6, 6.07) is 6.19. The molecule has 1 atom stereocenters. The smallest absolute Gasteiger partial charge is 0.256 e. The summed E-state index contributed by atoms with van der Waals surface area (Å²) >= 11 is 0. The molecule has 0 spiro atoms. The van der Waals surface area contributed by atoms with E-state index in [4.69, 9.17) is 0 Å². The minimum Gasteiger partial charge on any atom is -0.372 e. The Bertz CT molecular complexity index is 720. The predicted molar refractivity (Wildman–Crippen MR) is 94.9 cm³/mol. The van der Waals surface area contributed by atoms with E-state index in [0.29, 0.717) is 19.0 Å².